The molecule has 1 heterocycles. The van der Waals surface area contributed by atoms with E-state index in [0.717, 1.165) is 0 Å². The predicted molar refractivity (Wildman–Crippen MR) is 73.9 cm³/mol. The third kappa shape index (κ3) is 2.70. The monoisotopic (exact) mass is 290 g/mol. The quantitative estimate of drug-likeness (QED) is 0.791. The zero-order valence-electron chi connectivity index (χ0n) is 11.0. The number of sulfonamides is 1. The summed E-state index contributed by atoms with van der Waals surface area (Å²) in [4.78, 5) is 0.391. The van der Waals surface area contributed by atoms with E-state index in [9.17, 15) is 8.42 Å². The van der Waals surface area contributed by atoms with Gasteiger partial charge >= 0.3 is 0 Å². The Hall–Kier alpha value is -0.990. The molecule has 18 heavy (non-hydrogen) atoms. The lowest BCUT2D eigenvalue weighted by Crippen LogP contribution is -2.37. The summed E-state index contributed by atoms with van der Waals surface area (Å²) in [6, 6.07) is 0. The molecule has 0 unspecified atom stereocenters. The molecule has 0 spiro atoms. The van der Waals surface area contributed by atoms with Crippen LogP contribution in [0.3, 0.4) is 0 Å². The maximum atomic E-state index is 12.5. The van der Waals surface area contributed by atoms with E-state index in [0.29, 0.717) is 17.9 Å². The summed E-state index contributed by atoms with van der Waals surface area (Å²) in [5.41, 5.74) is 6.52. The number of hydrogen-bond acceptors (Lipinski definition) is 4. The molecule has 0 atom stereocenters. The highest BCUT2D eigenvalue weighted by molar-refractivity contribution is 7.89. The fourth-order valence-corrected chi connectivity index (χ4v) is 3.86. The highest BCUT2D eigenvalue weighted by Gasteiger charge is 2.29. The number of aryl methyl sites for hydroxylation is 2. The Morgan fingerprint density at radius 1 is 1.50 bits per heavy atom. The lowest BCUT2D eigenvalue weighted by molar-refractivity contribution is 0.467. The van der Waals surface area contributed by atoms with Gasteiger partial charge in [0.15, 0.2) is 0 Å². The van der Waals surface area contributed by atoms with Gasteiger partial charge in [-0.25, -0.2) is 8.42 Å². The SMILES string of the molecule is CCN(CC(N)=S)S(=O)(=O)c1c(C)nn(C)c1C. The van der Waals surface area contributed by atoms with Crippen LogP contribution in [-0.2, 0) is 17.1 Å². The molecular weight excluding hydrogens is 272 g/mol. The molecule has 1 aromatic rings. The van der Waals surface area contributed by atoms with E-state index in [4.69, 9.17) is 18.0 Å². The van der Waals surface area contributed by atoms with E-state index >= 15 is 0 Å². The minimum absolute atomic E-state index is 0.0436. The van der Waals surface area contributed by atoms with Crippen molar-refractivity contribution >= 4 is 27.2 Å². The van der Waals surface area contributed by atoms with Crippen molar-refractivity contribution in [3.05, 3.63) is 11.4 Å². The van der Waals surface area contributed by atoms with Crippen LogP contribution in [0.5, 0.6) is 0 Å². The molecule has 0 saturated carbocycles. The van der Waals surface area contributed by atoms with Crippen molar-refractivity contribution in [1.82, 2.24) is 14.1 Å². The molecule has 8 heteroatoms. The standard InChI is InChI=1S/C10H18N4O2S2/c1-5-14(6-9(11)17)18(15,16)10-7(2)12-13(4)8(10)3/h5-6H2,1-4H3,(H2,11,17). The van der Waals surface area contributed by atoms with E-state index in [2.05, 4.69) is 5.10 Å². The average Bonchev–Trinajstić information content (AvgIpc) is 2.49. The molecule has 0 bridgehead atoms. The van der Waals surface area contributed by atoms with E-state index in [1.165, 1.54) is 4.31 Å². The van der Waals surface area contributed by atoms with Crippen LogP contribution < -0.4 is 5.73 Å². The third-order valence-corrected chi connectivity index (χ3v) is 5.03. The molecule has 0 aliphatic rings. The number of hydrogen-bond donors (Lipinski definition) is 1. The van der Waals surface area contributed by atoms with Gasteiger partial charge in [0.25, 0.3) is 0 Å². The van der Waals surface area contributed by atoms with E-state index in [1.807, 2.05) is 0 Å². The van der Waals surface area contributed by atoms with Crippen LogP contribution in [0.25, 0.3) is 0 Å². The number of nitrogens with zero attached hydrogens (tertiary/aromatic N) is 3. The molecule has 6 nitrogen and oxygen atoms in total. The number of thiocarbonyl (C=S) groups is 1. The van der Waals surface area contributed by atoms with Crippen LogP contribution in [0.4, 0.5) is 0 Å². The molecule has 0 aliphatic heterocycles. The Morgan fingerprint density at radius 3 is 2.39 bits per heavy atom. The molecule has 2 N–H and O–H groups in total. The van der Waals surface area contributed by atoms with Crippen LogP contribution >= 0.6 is 12.2 Å². The largest absolute Gasteiger partial charge is 0.392 e. The van der Waals surface area contributed by atoms with Crippen LogP contribution in [0.15, 0.2) is 4.90 Å². The number of aromatic nitrogens is 2. The average molecular weight is 290 g/mol. The first-order valence-electron chi connectivity index (χ1n) is 5.50. The van der Waals surface area contributed by atoms with Gasteiger partial charge in [-0.1, -0.05) is 19.1 Å². The van der Waals surface area contributed by atoms with Crippen molar-refractivity contribution in [2.75, 3.05) is 13.1 Å². The minimum atomic E-state index is -3.60. The maximum absolute atomic E-state index is 12.5. The first kappa shape index (κ1) is 15.1. The van der Waals surface area contributed by atoms with Crippen molar-refractivity contribution in [2.24, 2.45) is 12.8 Å². The second kappa shape index (κ2) is 5.33. The Morgan fingerprint density at radius 2 is 2.06 bits per heavy atom. The first-order valence-corrected chi connectivity index (χ1v) is 7.35. The van der Waals surface area contributed by atoms with Crippen molar-refractivity contribution in [3.63, 3.8) is 0 Å². The van der Waals surface area contributed by atoms with Crippen LogP contribution in [0, 0.1) is 13.8 Å². The van der Waals surface area contributed by atoms with Gasteiger partial charge in [-0.3, -0.25) is 4.68 Å². The van der Waals surface area contributed by atoms with Crippen LogP contribution in [0.1, 0.15) is 18.3 Å². The Kier molecular flexibility index (Phi) is 4.46. The normalized spacial score (nSPS) is 12.1. The molecular formula is C10H18N4O2S2. The van der Waals surface area contributed by atoms with E-state index in [1.54, 1.807) is 32.5 Å². The summed E-state index contributed by atoms with van der Waals surface area (Å²) in [7, 11) is -1.89. The highest BCUT2D eigenvalue weighted by Crippen LogP contribution is 2.22. The second-order valence-corrected chi connectivity index (χ2v) is 6.42. The summed E-state index contributed by atoms with van der Waals surface area (Å²) in [6.07, 6.45) is 0. The first-order chi connectivity index (χ1) is 8.21. The molecule has 0 aromatic carbocycles. The van der Waals surface area contributed by atoms with Gasteiger partial charge in [0, 0.05) is 13.6 Å². The van der Waals surface area contributed by atoms with Crippen molar-refractivity contribution < 1.29 is 8.42 Å². The van der Waals surface area contributed by atoms with Crippen LogP contribution in [0.2, 0.25) is 0 Å². The molecule has 0 radical (unpaired) electrons. The van der Waals surface area contributed by atoms with Gasteiger partial charge in [0.2, 0.25) is 10.0 Å². The summed E-state index contributed by atoms with van der Waals surface area (Å²) >= 11 is 4.78. The Labute approximate surface area is 113 Å². The Bertz CT molecular complexity index is 563. The fraction of sp³-hybridized carbons (Fsp3) is 0.600. The zero-order chi connectivity index (χ0) is 14.1. The molecule has 1 aromatic heterocycles. The fourth-order valence-electron chi connectivity index (χ4n) is 1.80. The smallest absolute Gasteiger partial charge is 0.247 e. The molecule has 0 fully saturated rings. The Balaban J connectivity index is 3.31. The van der Waals surface area contributed by atoms with Crippen molar-refractivity contribution in [2.45, 2.75) is 25.7 Å². The van der Waals surface area contributed by atoms with Gasteiger partial charge in [-0.2, -0.15) is 9.40 Å². The topological polar surface area (TPSA) is 81.2 Å². The van der Waals surface area contributed by atoms with Crippen LogP contribution in [-0.4, -0.2) is 40.6 Å². The lowest BCUT2D eigenvalue weighted by Gasteiger charge is -2.19. The highest BCUT2D eigenvalue weighted by atomic mass is 32.2. The van der Waals surface area contributed by atoms with Gasteiger partial charge in [-0.15, -0.1) is 0 Å². The third-order valence-electron chi connectivity index (χ3n) is 2.73. The molecule has 0 saturated heterocycles. The number of likely N-dealkylation sites (N-methyl/N-ethyl adjacent to an activating group) is 1. The lowest BCUT2D eigenvalue weighted by atomic mass is 10.4. The van der Waals surface area contributed by atoms with E-state index in [-0.39, 0.29) is 16.4 Å². The predicted octanol–water partition coefficient (Wildman–Crippen LogP) is 0.334. The zero-order valence-corrected chi connectivity index (χ0v) is 12.6. The molecule has 0 aliphatic carbocycles. The molecule has 1 rings (SSSR count). The summed E-state index contributed by atoms with van der Waals surface area (Å²) in [5.74, 6) is 0. The van der Waals surface area contributed by atoms with Gasteiger partial charge in [0.1, 0.15) is 4.90 Å². The summed E-state index contributed by atoms with van der Waals surface area (Å²) in [6.45, 7) is 5.50. The summed E-state index contributed by atoms with van der Waals surface area (Å²) < 4.78 is 27.8. The van der Waals surface area contributed by atoms with Gasteiger partial charge < -0.3 is 5.73 Å². The van der Waals surface area contributed by atoms with E-state index < -0.39 is 10.0 Å². The minimum Gasteiger partial charge on any atom is -0.392 e. The maximum Gasteiger partial charge on any atom is 0.247 e. The molecule has 0 amide bonds. The number of nitrogens with two attached hydrogens (primary N) is 1. The second-order valence-electron chi connectivity index (χ2n) is 4.02. The van der Waals surface area contributed by atoms with Crippen molar-refractivity contribution in [1.29, 1.82) is 0 Å². The van der Waals surface area contributed by atoms with Gasteiger partial charge in [0.05, 0.1) is 22.9 Å². The number of rotatable bonds is 5. The molecule has 102 valence electrons. The van der Waals surface area contributed by atoms with Gasteiger partial charge in [-0.05, 0) is 13.8 Å². The summed E-state index contributed by atoms with van der Waals surface area (Å²) in [5, 5.41) is 4.12. The van der Waals surface area contributed by atoms with Crippen molar-refractivity contribution in [3.8, 4) is 0 Å².